The summed E-state index contributed by atoms with van der Waals surface area (Å²) in [6, 6.07) is 0. The Labute approximate surface area is 48.7 Å². The van der Waals surface area contributed by atoms with E-state index in [-0.39, 0.29) is 0 Å². The van der Waals surface area contributed by atoms with Gasteiger partial charge in [0.2, 0.25) is 0 Å². The zero-order valence-electron chi connectivity index (χ0n) is 4.38. The van der Waals surface area contributed by atoms with Gasteiger partial charge in [-0.05, 0) is 0 Å². The van der Waals surface area contributed by atoms with E-state index in [4.69, 9.17) is 0 Å². The highest BCUT2D eigenvalue weighted by atomic mass is 19.4. The second kappa shape index (κ2) is 2.98. The van der Waals surface area contributed by atoms with E-state index in [9.17, 15) is 22.0 Å². The molecule has 9 heavy (non-hydrogen) atoms. The average molecular weight is 148 g/mol. The molecule has 0 aromatic heterocycles. The van der Waals surface area contributed by atoms with Crippen molar-refractivity contribution in [1.29, 1.82) is 0 Å². The summed E-state index contributed by atoms with van der Waals surface area (Å²) in [6.07, 6.45) is -9.00. The first-order chi connectivity index (χ1) is 3.98. The smallest absolute Gasteiger partial charge is 0.251 e. The normalized spacial score (nSPS) is 15.7. The number of halogens is 5. The van der Waals surface area contributed by atoms with Crippen molar-refractivity contribution in [3.8, 4) is 0 Å². The first-order valence-electron chi connectivity index (χ1n) is 2.25. The average Bonchev–Trinajstić information content (AvgIpc) is 1.64. The van der Waals surface area contributed by atoms with Gasteiger partial charge in [0.1, 0.15) is 0 Å². The maximum atomic E-state index is 11.5. The summed E-state index contributed by atoms with van der Waals surface area (Å²) in [5.41, 5.74) is 0. The van der Waals surface area contributed by atoms with Crippen molar-refractivity contribution >= 4 is 0 Å². The van der Waals surface area contributed by atoms with Crippen LogP contribution in [0.1, 0.15) is 6.42 Å². The Bertz CT molecular complexity index is 75.5. The van der Waals surface area contributed by atoms with Crippen LogP contribution in [0.5, 0.6) is 0 Å². The zero-order valence-corrected chi connectivity index (χ0v) is 4.38. The molecule has 0 spiro atoms. The molecular weight excluding hydrogens is 143 g/mol. The molecule has 0 radical (unpaired) electrons. The Hall–Kier alpha value is -0.350. The highest BCUT2D eigenvalue weighted by Gasteiger charge is 2.39. The third-order valence-corrected chi connectivity index (χ3v) is 0.718. The fourth-order valence-electron chi connectivity index (χ4n) is 0.259. The van der Waals surface area contributed by atoms with Crippen LogP contribution in [0.2, 0.25) is 0 Å². The van der Waals surface area contributed by atoms with Crippen LogP contribution in [0.3, 0.4) is 0 Å². The van der Waals surface area contributed by atoms with Gasteiger partial charge in [-0.2, -0.15) is 13.2 Å². The predicted octanol–water partition coefficient (Wildman–Crippen LogP) is 2.25. The van der Waals surface area contributed by atoms with Gasteiger partial charge < -0.3 is 0 Å². The summed E-state index contributed by atoms with van der Waals surface area (Å²) >= 11 is 0. The fraction of sp³-hybridized carbons (Fsp3) is 1.00. The predicted molar refractivity (Wildman–Crippen MR) is 21.5 cm³/mol. The number of rotatable bonds is 2. The zero-order chi connectivity index (χ0) is 7.49. The number of hydrogen-bond donors (Lipinski definition) is 0. The molecule has 1 atom stereocenters. The summed E-state index contributed by atoms with van der Waals surface area (Å²) in [5.74, 6) is 0. The van der Waals surface area contributed by atoms with Crippen LogP contribution in [0.4, 0.5) is 22.0 Å². The molecule has 0 saturated heterocycles. The first-order valence-corrected chi connectivity index (χ1v) is 2.25. The minimum atomic E-state index is -4.90. The molecule has 0 heterocycles. The van der Waals surface area contributed by atoms with Gasteiger partial charge >= 0.3 is 6.18 Å². The molecule has 0 rings (SSSR count). The van der Waals surface area contributed by atoms with Gasteiger partial charge in [0.05, 0.1) is 6.67 Å². The van der Waals surface area contributed by atoms with Crippen LogP contribution in [0, 0.1) is 0 Å². The van der Waals surface area contributed by atoms with E-state index in [0.29, 0.717) is 0 Å². The molecule has 0 bridgehead atoms. The quantitative estimate of drug-likeness (QED) is 0.527. The van der Waals surface area contributed by atoms with Crippen molar-refractivity contribution in [2.24, 2.45) is 0 Å². The summed E-state index contributed by atoms with van der Waals surface area (Å²) < 4.78 is 55.9. The second-order valence-electron chi connectivity index (χ2n) is 1.49. The molecule has 0 nitrogen and oxygen atoms in total. The fourth-order valence-corrected chi connectivity index (χ4v) is 0.259. The summed E-state index contributed by atoms with van der Waals surface area (Å²) in [4.78, 5) is 0. The Balaban J connectivity index is 3.59. The van der Waals surface area contributed by atoms with Crippen LogP contribution in [0.15, 0.2) is 0 Å². The van der Waals surface area contributed by atoms with Gasteiger partial charge in [-0.1, -0.05) is 0 Å². The molecule has 0 N–H and O–H groups in total. The van der Waals surface area contributed by atoms with Gasteiger partial charge in [0.25, 0.3) is 0 Å². The number of hydrogen-bond acceptors (Lipinski definition) is 0. The highest BCUT2D eigenvalue weighted by molar-refractivity contribution is 4.64. The number of alkyl halides is 5. The van der Waals surface area contributed by atoms with Crippen molar-refractivity contribution in [3.63, 3.8) is 0 Å². The van der Waals surface area contributed by atoms with Crippen LogP contribution in [0.25, 0.3) is 0 Å². The molecule has 56 valence electrons. The van der Waals surface area contributed by atoms with E-state index in [2.05, 4.69) is 0 Å². The Kier molecular flexibility index (Phi) is 2.87. The van der Waals surface area contributed by atoms with Crippen LogP contribution < -0.4 is 0 Å². The van der Waals surface area contributed by atoms with Gasteiger partial charge in [0, 0.05) is 6.42 Å². The van der Waals surface area contributed by atoms with E-state index in [1.165, 1.54) is 0 Å². The van der Waals surface area contributed by atoms with Gasteiger partial charge in [0.15, 0.2) is 6.17 Å². The highest BCUT2D eigenvalue weighted by Crippen LogP contribution is 2.24. The lowest BCUT2D eigenvalue weighted by molar-refractivity contribution is -0.182. The topological polar surface area (TPSA) is 0 Å². The second-order valence-corrected chi connectivity index (χ2v) is 1.49. The third-order valence-electron chi connectivity index (χ3n) is 0.718. The van der Waals surface area contributed by atoms with E-state index in [1.54, 1.807) is 0 Å². The van der Waals surface area contributed by atoms with Crippen LogP contribution in [-0.4, -0.2) is 19.0 Å². The molecule has 1 unspecified atom stereocenters. The summed E-state index contributed by atoms with van der Waals surface area (Å²) in [7, 11) is 0. The van der Waals surface area contributed by atoms with Gasteiger partial charge in [-0.25, -0.2) is 4.39 Å². The molecule has 0 aliphatic heterocycles. The van der Waals surface area contributed by atoms with Crippen molar-refractivity contribution in [3.05, 3.63) is 0 Å². The maximum absolute atomic E-state index is 11.5. The van der Waals surface area contributed by atoms with Crippen molar-refractivity contribution < 1.29 is 22.0 Å². The van der Waals surface area contributed by atoms with Crippen molar-refractivity contribution in [2.45, 2.75) is 18.8 Å². The lowest BCUT2D eigenvalue weighted by Crippen LogP contribution is -2.24. The molecule has 0 aromatic rings. The van der Waals surface area contributed by atoms with Crippen LogP contribution in [-0.2, 0) is 0 Å². The molecular formula is C4H5F5. The van der Waals surface area contributed by atoms with E-state index in [0.717, 1.165) is 0 Å². The SMILES string of the molecule is FCCC(F)C(F)(F)F. The standard InChI is InChI=1S/C4H5F5/c5-2-1-3(6)4(7,8)9/h3H,1-2H2. The lowest BCUT2D eigenvalue weighted by Gasteiger charge is -2.08. The largest absolute Gasteiger partial charge is 0.419 e. The molecule has 5 heteroatoms. The molecule has 0 saturated carbocycles. The first kappa shape index (κ1) is 8.65. The Morgan fingerprint density at radius 2 is 1.67 bits per heavy atom. The maximum Gasteiger partial charge on any atom is 0.419 e. The minimum absolute atomic E-state index is 1.09. The molecule has 0 aliphatic rings. The molecule has 0 amide bonds. The van der Waals surface area contributed by atoms with Crippen molar-refractivity contribution in [1.82, 2.24) is 0 Å². The summed E-state index contributed by atoms with van der Waals surface area (Å²) in [6.45, 7) is -1.28. The molecule has 0 fully saturated rings. The van der Waals surface area contributed by atoms with Crippen molar-refractivity contribution in [2.75, 3.05) is 6.67 Å². The van der Waals surface area contributed by atoms with E-state index >= 15 is 0 Å². The summed E-state index contributed by atoms with van der Waals surface area (Å²) in [5, 5.41) is 0. The Morgan fingerprint density at radius 1 is 1.22 bits per heavy atom. The Morgan fingerprint density at radius 3 is 1.78 bits per heavy atom. The van der Waals surface area contributed by atoms with Gasteiger partial charge in [-0.3, -0.25) is 4.39 Å². The molecule has 0 aliphatic carbocycles. The van der Waals surface area contributed by atoms with Crippen LogP contribution >= 0.6 is 0 Å². The molecule has 0 aromatic carbocycles. The monoisotopic (exact) mass is 148 g/mol. The van der Waals surface area contributed by atoms with E-state index in [1.807, 2.05) is 0 Å². The lowest BCUT2D eigenvalue weighted by atomic mass is 10.3. The van der Waals surface area contributed by atoms with Gasteiger partial charge in [-0.15, -0.1) is 0 Å². The third kappa shape index (κ3) is 3.26. The minimum Gasteiger partial charge on any atom is -0.251 e. The van der Waals surface area contributed by atoms with E-state index < -0.39 is 25.4 Å².